The number of allylic oxidation sites excluding steroid dienone is 2. The number of carbonyl (C=O) groups excluding carboxylic acids is 3. The third-order valence-corrected chi connectivity index (χ3v) is 8.51. The van der Waals surface area contributed by atoms with Crippen LogP contribution in [0.3, 0.4) is 0 Å². The summed E-state index contributed by atoms with van der Waals surface area (Å²) in [4.78, 5) is 39.3. The lowest BCUT2D eigenvalue weighted by Crippen LogP contribution is -2.31. The minimum absolute atomic E-state index is 0.0291. The van der Waals surface area contributed by atoms with E-state index in [9.17, 15) is 14.4 Å². The number of carbonyl (C=O) groups is 3. The lowest BCUT2D eigenvalue weighted by molar-refractivity contribution is -0.125. The average Bonchev–Trinajstić information content (AvgIpc) is 3.51. The fourth-order valence-electron chi connectivity index (χ4n) is 7.30. The SMILES string of the molecule is CCCCCOC(=O)c1ccc2ccccc2c1C1CC2C(=O)C1C1C3C=CC(C3=O)C21. The first-order valence-corrected chi connectivity index (χ1v) is 12.1. The molecule has 4 aliphatic rings. The average molecular weight is 429 g/mol. The van der Waals surface area contributed by atoms with Gasteiger partial charge in [0.25, 0.3) is 0 Å². The summed E-state index contributed by atoms with van der Waals surface area (Å²) in [6.07, 6.45) is 7.77. The molecule has 164 valence electrons. The summed E-state index contributed by atoms with van der Waals surface area (Å²) in [5.74, 6) is 0.134. The molecule has 3 fully saturated rings. The highest BCUT2D eigenvalue weighted by atomic mass is 16.5. The molecule has 7 atom stereocenters. The van der Waals surface area contributed by atoms with E-state index in [1.54, 1.807) is 0 Å². The zero-order chi connectivity index (χ0) is 22.0. The first kappa shape index (κ1) is 19.9. The summed E-state index contributed by atoms with van der Waals surface area (Å²) in [7, 11) is 0. The zero-order valence-electron chi connectivity index (χ0n) is 18.3. The molecule has 32 heavy (non-hydrogen) atoms. The number of hydrogen-bond acceptors (Lipinski definition) is 4. The molecule has 2 aromatic carbocycles. The van der Waals surface area contributed by atoms with Crippen molar-refractivity contribution in [2.45, 2.75) is 38.5 Å². The third kappa shape index (κ3) is 2.65. The predicted octanol–water partition coefficient (Wildman–Crippen LogP) is 5.11. The summed E-state index contributed by atoms with van der Waals surface area (Å²) in [5.41, 5.74) is 1.55. The smallest absolute Gasteiger partial charge is 0.338 e. The van der Waals surface area contributed by atoms with E-state index in [2.05, 4.69) is 19.1 Å². The number of unbranched alkanes of at least 4 members (excludes halogenated alkanes) is 2. The second-order valence-electron chi connectivity index (χ2n) is 9.96. The Labute approximate surface area is 188 Å². The number of ketones is 2. The van der Waals surface area contributed by atoms with E-state index in [1.165, 1.54) is 0 Å². The molecule has 0 heterocycles. The first-order valence-electron chi connectivity index (χ1n) is 12.1. The van der Waals surface area contributed by atoms with Gasteiger partial charge >= 0.3 is 5.97 Å². The minimum atomic E-state index is -0.294. The molecule has 2 aromatic rings. The molecule has 0 spiro atoms. The second-order valence-corrected chi connectivity index (χ2v) is 9.96. The van der Waals surface area contributed by atoms with E-state index in [1.807, 2.05) is 36.4 Å². The largest absolute Gasteiger partial charge is 0.462 e. The number of esters is 1. The van der Waals surface area contributed by atoms with Crippen molar-refractivity contribution in [2.75, 3.05) is 6.61 Å². The molecule has 0 radical (unpaired) electrons. The minimum Gasteiger partial charge on any atom is -0.462 e. The number of rotatable bonds is 6. The Hall–Kier alpha value is -2.75. The maximum atomic E-state index is 13.4. The van der Waals surface area contributed by atoms with Gasteiger partial charge in [-0.3, -0.25) is 9.59 Å². The van der Waals surface area contributed by atoms with E-state index in [0.717, 1.165) is 42.0 Å². The summed E-state index contributed by atoms with van der Waals surface area (Å²) in [6, 6.07) is 11.9. The van der Waals surface area contributed by atoms with Crippen molar-refractivity contribution in [2.24, 2.45) is 35.5 Å². The number of fused-ring (bicyclic) bond motifs is 10. The van der Waals surface area contributed by atoms with Crippen molar-refractivity contribution >= 4 is 28.3 Å². The maximum absolute atomic E-state index is 13.4. The predicted molar refractivity (Wildman–Crippen MR) is 121 cm³/mol. The molecule has 4 aliphatic carbocycles. The van der Waals surface area contributed by atoms with Crippen LogP contribution in [0.1, 0.15) is 54.4 Å². The molecular weight excluding hydrogens is 400 g/mol. The van der Waals surface area contributed by atoms with Gasteiger partial charge < -0.3 is 4.74 Å². The van der Waals surface area contributed by atoms with Crippen LogP contribution in [0.5, 0.6) is 0 Å². The third-order valence-electron chi connectivity index (χ3n) is 8.51. The second kappa shape index (κ2) is 7.40. The van der Waals surface area contributed by atoms with Crippen molar-refractivity contribution in [3.8, 4) is 0 Å². The summed E-state index contributed by atoms with van der Waals surface area (Å²) in [6.45, 7) is 2.54. The fourth-order valence-corrected chi connectivity index (χ4v) is 7.30. The number of ether oxygens (including phenoxy) is 1. The van der Waals surface area contributed by atoms with Crippen molar-refractivity contribution in [3.63, 3.8) is 0 Å². The highest BCUT2D eigenvalue weighted by molar-refractivity contribution is 6.03. The molecule has 4 bridgehead atoms. The van der Waals surface area contributed by atoms with Crippen LogP contribution in [0, 0.1) is 35.5 Å². The van der Waals surface area contributed by atoms with Gasteiger partial charge in [-0.15, -0.1) is 0 Å². The lowest BCUT2D eigenvalue weighted by Gasteiger charge is -2.35. The van der Waals surface area contributed by atoms with Crippen LogP contribution in [0.25, 0.3) is 10.8 Å². The number of hydrogen-bond donors (Lipinski definition) is 0. The van der Waals surface area contributed by atoms with Crippen LogP contribution in [0.2, 0.25) is 0 Å². The van der Waals surface area contributed by atoms with E-state index in [0.29, 0.717) is 23.7 Å². The zero-order valence-corrected chi connectivity index (χ0v) is 18.3. The topological polar surface area (TPSA) is 60.4 Å². The molecule has 0 amide bonds. The van der Waals surface area contributed by atoms with Crippen LogP contribution in [-0.4, -0.2) is 24.1 Å². The highest BCUT2D eigenvalue weighted by Gasteiger charge is 2.68. The quantitative estimate of drug-likeness (QED) is 0.278. The van der Waals surface area contributed by atoms with Gasteiger partial charge in [-0.05, 0) is 53.0 Å². The fraction of sp³-hybridized carbons (Fsp3) is 0.464. The highest BCUT2D eigenvalue weighted by Crippen LogP contribution is 2.66. The summed E-state index contributed by atoms with van der Waals surface area (Å²) in [5, 5.41) is 2.10. The van der Waals surface area contributed by atoms with E-state index in [4.69, 9.17) is 4.74 Å². The summed E-state index contributed by atoms with van der Waals surface area (Å²) < 4.78 is 5.65. The normalized spacial score (nSPS) is 34.0. The molecular formula is C28H28O4. The molecule has 6 rings (SSSR count). The molecule has 4 heteroatoms. The lowest BCUT2D eigenvalue weighted by atomic mass is 9.67. The molecule has 0 aromatic heterocycles. The molecule has 0 saturated heterocycles. The van der Waals surface area contributed by atoms with Gasteiger partial charge in [-0.25, -0.2) is 4.79 Å². The number of Topliss-reactive ketones (excluding diaryl/α,β-unsaturated/α-hetero) is 2. The van der Waals surface area contributed by atoms with Crippen molar-refractivity contribution in [3.05, 3.63) is 59.7 Å². The van der Waals surface area contributed by atoms with Crippen LogP contribution in [0.15, 0.2) is 48.6 Å². The summed E-state index contributed by atoms with van der Waals surface area (Å²) >= 11 is 0. The Morgan fingerprint density at radius 2 is 1.72 bits per heavy atom. The van der Waals surface area contributed by atoms with Gasteiger partial charge in [-0.1, -0.05) is 62.2 Å². The van der Waals surface area contributed by atoms with Crippen molar-refractivity contribution < 1.29 is 19.1 Å². The van der Waals surface area contributed by atoms with Crippen LogP contribution < -0.4 is 0 Å². The van der Waals surface area contributed by atoms with Gasteiger partial charge in [0, 0.05) is 23.7 Å². The van der Waals surface area contributed by atoms with Crippen LogP contribution in [0.4, 0.5) is 0 Å². The Bertz CT molecular complexity index is 1160. The van der Waals surface area contributed by atoms with Gasteiger partial charge in [-0.2, -0.15) is 0 Å². The van der Waals surface area contributed by atoms with E-state index < -0.39 is 0 Å². The van der Waals surface area contributed by atoms with Crippen LogP contribution >= 0.6 is 0 Å². The first-order chi connectivity index (χ1) is 15.6. The van der Waals surface area contributed by atoms with E-state index >= 15 is 0 Å². The Morgan fingerprint density at radius 3 is 2.53 bits per heavy atom. The number of benzene rings is 2. The maximum Gasteiger partial charge on any atom is 0.338 e. The van der Waals surface area contributed by atoms with E-state index in [-0.39, 0.29) is 47.4 Å². The molecule has 3 saturated carbocycles. The van der Waals surface area contributed by atoms with Crippen LogP contribution in [-0.2, 0) is 14.3 Å². The van der Waals surface area contributed by atoms with Gasteiger partial charge in [0.1, 0.15) is 11.6 Å². The molecule has 0 aliphatic heterocycles. The van der Waals surface area contributed by atoms with Crippen molar-refractivity contribution in [1.29, 1.82) is 0 Å². The Kier molecular flexibility index (Phi) is 4.60. The standard InChI is InChI=1S/C28H28O4/c1-2-3-6-13-32-28(31)19-10-9-15-7-4-5-8-16(15)22(19)20-14-21-23-17-11-12-18(26(17)29)24(23)25(20)27(21)30/h4-5,7-12,17-18,20-21,23-25H,2-3,6,13-14H2,1H3. The Morgan fingerprint density at radius 1 is 0.938 bits per heavy atom. The monoisotopic (exact) mass is 428 g/mol. The molecule has 7 unspecified atom stereocenters. The Balaban J connectivity index is 1.41. The molecule has 4 nitrogen and oxygen atoms in total. The van der Waals surface area contributed by atoms with Crippen molar-refractivity contribution in [1.82, 2.24) is 0 Å². The van der Waals surface area contributed by atoms with Gasteiger partial charge in [0.2, 0.25) is 0 Å². The molecule has 0 N–H and O–H groups in total. The van der Waals surface area contributed by atoms with Gasteiger partial charge in [0.15, 0.2) is 0 Å². The van der Waals surface area contributed by atoms with Gasteiger partial charge in [0.05, 0.1) is 12.2 Å².